The van der Waals surface area contributed by atoms with Crippen molar-refractivity contribution in [1.82, 2.24) is 4.72 Å². The largest absolute Gasteiger partial charge is 0.241 e. The van der Waals surface area contributed by atoms with Crippen molar-refractivity contribution in [3.05, 3.63) is 82.9 Å². The molecule has 3 aromatic rings. The van der Waals surface area contributed by atoms with E-state index in [1.807, 2.05) is 44.2 Å². The average molecular weight is 349 g/mol. The molecule has 1 atom stereocenters. The number of hydrogen-bond donors (Lipinski definition) is 1. The SMILES string of the molecule is CC1=Cc2ccc3ccccc3c2C1NS(=O)(=O)c1ccc(C)cc1. The molecule has 4 rings (SSSR count). The zero-order valence-electron chi connectivity index (χ0n) is 14.2. The number of nitrogens with one attached hydrogen (secondary N) is 1. The van der Waals surface area contributed by atoms with Crippen molar-refractivity contribution in [2.75, 3.05) is 0 Å². The fraction of sp³-hybridized carbons (Fsp3) is 0.143. The molecule has 0 saturated heterocycles. The van der Waals surface area contributed by atoms with E-state index in [4.69, 9.17) is 0 Å². The molecule has 0 heterocycles. The molecular formula is C21H19NO2S. The van der Waals surface area contributed by atoms with Gasteiger partial charge >= 0.3 is 0 Å². The number of rotatable bonds is 3. The van der Waals surface area contributed by atoms with E-state index in [1.165, 1.54) is 0 Å². The van der Waals surface area contributed by atoms with Gasteiger partial charge in [0.25, 0.3) is 0 Å². The monoisotopic (exact) mass is 349 g/mol. The Morgan fingerprint density at radius 3 is 2.36 bits per heavy atom. The maximum Gasteiger partial charge on any atom is 0.241 e. The van der Waals surface area contributed by atoms with Gasteiger partial charge in [-0.1, -0.05) is 65.7 Å². The molecule has 0 saturated carbocycles. The van der Waals surface area contributed by atoms with Gasteiger partial charge in [-0.25, -0.2) is 8.42 Å². The standard InChI is InChI=1S/C21H19NO2S/c1-14-7-11-18(12-8-14)25(23,24)22-21-15(2)13-17-10-9-16-5-3-4-6-19(16)20(17)21/h3-13,21-22H,1-2H3. The third-order valence-corrected chi connectivity index (χ3v) is 6.17. The maximum absolute atomic E-state index is 12.9. The molecule has 25 heavy (non-hydrogen) atoms. The molecule has 126 valence electrons. The Hall–Kier alpha value is -2.43. The van der Waals surface area contributed by atoms with Crippen LogP contribution in [0.3, 0.4) is 0 Å². The molecule has 4 heteroatoms. The Balaban J connectivity index is 1.79. The van der Waals surface area contributed by atoms with E-state index in [0.717, 1.165) is 33.0 Å². The second-order valence-electron chi connectivity index (χ2n) is 6.55. The van der Waals surface area contributed by atoms with E-state index in [9.17, 15) is 8.42 Å². The molecule has 1 aliphatic carbocycles. The van der Waals surface area contributed by atoms with Crippen LogP contribution in [0.5, 0.6) is 0 Å². The van der Waals surface area contributed by atoms with Gasteiger partial charge in [0.1, 0.15) is 0 Å². The summed E-state index contributed by atoms with van der Waals surface area (Å²) in [5.74, 6) is 0. The molecule has 1 aliphatic rings. The van der Waals surface area contributed by atoms with Crippen LogP contribution in [-0.2, 0) is 10.0 Å². The van der Waals surface area contributed by atoms with Crippen LogP contribution in [0.2, 0.25) is 0 Å². The minimum Gasteiger partial charge on any atom is -0.207 e. The normalized spacial score (nSPS) is 16.7. The first kappa shape index (κ1) is 16.1. The van der Waals surface area contributed by atoms with Crippen molar-refractivity contribution >= 4 is 26.9 Å². The molecule has 0 spiro atoms. The van der Waals surface area contributed by atoms with Crippen LogP contribution in [0.1, 0.15) is 29.7 Å². The number of fused-ring (bicyclic) bond motifs is 3. The number of aryl methyl sites for hydroxylation is 1. The van der Waals surface area contributed by atoms with E-state index in [-0.39, 0.29) is 6.04 Å². The van der Waals surface area contributed by atoms with E-state index >= 15 is 0 Å². The Morgan fingerprint density at radius 2 is 1.60 bits per heavy atom. The van der Waals surface area contributed by atoms with Crippen LogP contribution in [0.15, 0.2) is 71.1 Å². The Kier molecular flexibility index (Phi) is 3.74. The van der Waals surface area contributed by atoms with Crippen LogP contribution in [-0.4, -0.2) is 8.42 Å². The highest BCUT2D eigenvalue weighted by atomic mass is 32.2. The molecule has 0 fully saturated rings. The van der Waals surface area contributed by atoms with E-state index in [1.54, 1.807) is 12.1 Å². The molecule has 0 aliphatic heterocycles. The van der Waals surface area contributed by atoms with Gasteiger partial charge in [-0.2, -0.15) is 4.72 Å². The van der Waals surface area contributed by atoms with Crippen molar-refractivity contribution in [2.45, 2.75) is 24.8 Å². The van der Waals surface area contributed by atoms with Crippen molar-refractivity contribution in [3.8, 4) is 0 Å². The van der Waals surface area contributed by atoms with E-state index < -0.39 is 10.0 Å². The van der Waals surface area contributed by atoms with Gasteiger partial charge in [-0.15, -0.1) is 0 Å². The summed E-state index contributed by atoms with van der Waals surface area (Å²) in [6.07, 6.45) is 2.06. The van der Waals surface area contributed by atoms with Gasteiger partial charge in [0, 0.05) is 0 Å². The predicted octanol–water partition coefficient (Wildman–Crippen LogP) is 4.58. The first-order valence-corrected chi connectivity index (χ1v) is 9.73. The average Bonchev–Trinajstić information content (AvgIpc) is 2.91. The van der Waals surface area contributed by atoms with Gasteiger partial charge < -0.3 is 0 Å². The highest BCUT2D eigenvalue weighted by Gasteiger charge is 2.29. The fourth-order valence-electron chi connectivity index (χ4n) is 3.41. The topological polar surface area (TPSA) is 46.2 Å². The summed E-state index contributed by atoms with van der Waals surface area (Å²) in [4.78, 5) is 0.291. The van der Waals surface area contributed by atoms with E-state index in [2.05, 4.69) is 29.0 Å². The first-order valence-electron chi connectivity index (χ1n) is 8.24. The summed E-state index contributed by atoms with van der Waals surface area (Å²) in [5, 5.41) is 2.20. The lowest BCUT2D eigenvalue weighted by Gasteiger charge is -2.19. The highest BCUT2D eigenvalue weighted by Crippen LogP contribution is 2.39. The summed E-state index contributed by atoms with van der Waals surface area (Å²) >= 11 is 0. The second kappa shape index (κ2) is 5.83. The zero-order valence-corrected chi connectivity index (χ0v) is 15.0. The Bertz CT molecular complexity index is 1100. The fourth-order valence-corrected chi connectivity index (χ4v) is 4.65. The predicted molar refractivity (Wildman–Crippen MR) is 102 cm³/mol. The molecule has 3 nitrogen and oxygen atoms in total. The summed E-state index contributed by atoms with van der Waals surface area (Å²) in [7, 11) is -3.60. The van der Waals surface area contributed by atoms with Crippen LogP contribution in [0, 0.1) is 6.92 Å². The molecule has 0 bridgehead atoms. The van der Waals surface area contributed by atoms with Crippen LogP contribution >= 0.6 is 0 Å². The second-order valence-corrected chi connectivity index (χ2v) is 8.26. The van der Waals surface area contributed by atoms with Crippen molar-refractivity contribution in [2.24, 2.45) is 0 Å². The van der Waals surface area contributed by atoms with Crippen molar-refractivity contribution in [3.63, 3.8) is 0 Å². The molecule has 1 N–H and O–H groups in total. The van der Waals surface area contributed by atoms with Gasteiger partial charge in [0.15, 0.2) is 0 Å². The minimum absolute atomic E-state index is 0.291. The Labute approximate surface area is 148 Å². The van der Waals surface area contributed by atoms with Crippen molar-refractivity contribution < 1.29 is 8.42 Å². The summed E-state index contributed by atoms with van der Waals surface area (Å²) in [5.41, 5.74) is 4.15. The van der Waals surface area contributed by atoms with E-state index in [0.29, 0.717) is 4.90 Å². The highest BCUT2D eigenvalue weighted by molar-refractivity contribution is 7.89. The summed E-state index contributed by atoms with van der Waals surface area (Å²) in [6, 6.07) is 18.8. The number of hydrogen-bond acceptors (Lipinski definition) is 2. The van der Waals surface area contributed by atoms with Gasteiger partial charge in [-0.05, 0) is 47.9 Å². The summed E-state index contributed by atoms with van der Waals surface area (Å²) < 4.78 is 28.6. The molecule has 0 radical (unpaired) electrons. The lowest BCUT2D eigenvalue weighted by molar-refractivity contribution is 0.572. The quantitative estimate of drug-likeness (QED) is 0.752. The third-order valence-electron chi connectivity index (χ3n) is 4.74. The van der Waals surface area contributed by atoms with Crippen LogP contribution in [0.4, 0.5) is 0 Å². The van der Waals surface area contributed by atoms with Gasteiger partial charge in [0.05, 0.1) is 10.9 Å². The Morgan fingerprint density at radius 1 is 0.880 bits per heavy atom. The maximum atomic E-state index is 12.9. The lowest BCUT2D eigenvalue weighted by atomic mass is 9.97. The summed E-state index contributed by atoms with van der Waals surface area (Å²) in [6.45, 7) is 3.91. The van der Waals surface area contributed by atoms with Crippen LogP contribution < -0.4 is 4.72 Å². The molecule has 0 aromatic heterocycles. The third kappa shape index (κ3) is 2.77. The smallest absolute Gasteiger partial charge is 0.207 e. The lowest BCUT2D eigenvalue weighted by Crippen LogP contribution is -2.28. The number of sulfonamides is 1. The van der Waals surface area contributed by atoms with Gasteiger partial charge in [0.2, 0.25) is 10.0 Å². The van der Waals surface area contributed by atoms with Gasteiger partial charge in [-0.3, -0.25) is 0 Å². The van der Waals surface area contributed by atoms with Crippen molar-refractivity contribution in [1.29, 1.82) is 0 Å². The minimum atomic E-state index is -3.60. The first-order chi connectivity index (χ1) is 12.0. The molecule has 1 unspecified atom stereocenters. The van der Waals surface area contributed by atoms with Crippen LogP contribution in [0.25, 0.3) is 16.8 Å². The molecule has 3 aromatic carbocycles. The molecule has 0 amide bonds. The number of benzene rings is 3. The molecular weight excluding hydrogens is 330 g/mol. The zero-order chi connectivity index (χ0) is 17.6.